The lowest BCUT2D eigenvalue weighted by molar-refractivity contribution is 0.0699. The predicted molar refractivity (Wildman–Crippen MR) is 78.1 cm³/mol. The molecule has 20 heavy (non-hydrogen) atoms. The van der Waals surface area contributed by atoms with Crippen molar-refractivity contribution in [2.24, 2.45) is 0 Å². The normalized spacial score (nSPS) is 12.3. The van der Waals surface area contributed by atoms with E-state index in [1.807, 2.05) is 6.92 Å². The molecule has 1 atom stereocenters. The number of aromatic nitrogens is 1. The van der Waals surface area contributed by atoms with Crippen molar-refractivity contribution in [2.45, 2.75) is 25.8 Å². The van der Waals surface area contributed by atoms with Gasteiger partial charge < -0.3 is 15.5 Å². The Labute approximate surface area is 117 Å². The number of pyridine rings is 1. The molecule has 0 amide bonds. The number of benzene rings is 1. The molecule has 0 spiro atoms. The fourth-order valence-electron chi connectivity index (χ4n) is 2.17. The van der Waals surface area contributed by atoms with Crippen molar-refractivity contribution >= 4 is 22.7 Å². The summed E-state index contributed by atoms with van der Waals surface area (Å²) in [6.07, 6.45) is 1.54. The van der Waals surface area contributed by atoms with Gasteiger partial charge >= 0.3 is 5.97 Å². The first-order valence-electron chi connectivity index (χ1n) is 6.66. The maximum Gasteiger partial charge on any atom is 0.336 e. The molecule has 0 aliphatic heterocycles. The number of nitrogens with one attached hydrogen (secondary N) is 1. The van der Waals surface area contributed by atoms with Crippen molar-refractivity contribution in [1.29, 1.82) is 0 Å². The van der Waals surface area contributed by atoms with Crippen LogP contribution in [0.15, 0.2) is 30.3 Å². The number of aliphatic hydroxyl groups is 1. The van der Waals surface area contributed by atoms with Crippen molar-refractivity contribution in [3.63, 3.8) is 0 Å². The van der Waals surface area contributed by atoms with Crippen LogP contribution >= 0.6 is 0 Å². The summed E-state index contributed by atoms with van der Waals surface area (Å²) in [5.41, 5.74) is 0.901. The summed E-state index contributed by atoms with van der Waals surface area (Å²) in [4.78, 5) is 15.6. The Morgan fingerprint density at radius 1 is 1.35 bits per heavy atom. The fraction of sp³-hybridized carbons (Fsp3) is 0.333. The standard InChI is InChI=1S/C15H18N2O3/c1-2-10(8-9-18)16-14-7-6-11-12(15(19)20)4-3-5-13(11)17-14/h3-7,10,18H,2,8-9H2,1H3,(H,16,17)(H,19,20). The smallest absolute Gasteiger partial charge is 0.336 e. The highest BCUT2D eigenvalue weighted by Crippen LogP contribution is 2.20. The van der Waals surface area contributed by atoms with Gasteiger partial charge in [-0.05, 0) is 37.1 Å². The van der Waals surface area contributed by atoms with Gasteiger partial charge in [-0.3, -0.25) is 0 Å². The molecular formula is C15H18N2O3. The number of aliphatic hydroxyl groups excluding tert-OH is 1. The first kappa shape index (κ1) is 14.3. The minimum Gasteiger partial charge on any atom is -0.478 e. The second-order valence-electron chi connectivity index (χ2n) is 4.64. The topological polar surface area (TPSA) is 82.5 Å². The molecule has 0 saturated heterocycles. The molecule has 106 valence electrons. The highest BCUT2D eigenvalue weighted by molar-refractivity contribution is 6.02. The van der Waals surface area contributed by atoms with Gasteiger partial charge in [-0.25, -0.2) is 9.78 Å². The zero-order valence-electron chi connectivity index (χ0n) is 11.3. The minimum absolute atomic E-state index is 0.127. The highest BCUT2D eigenvalue weighted by Gasteiger charge is 2.10. The Morgan fingerprint density at radius 2 is 2.15 bits per heavy atom. The van der Waals surface area contributed by atoms with Gasteiger partial charge in [0.2, 0.25) is 0 Å². The third-order valence-electron chi connectivity index (χ3n) is 3.28. The number of aromatic carboxylic acids is 1. The molecule has 0 bridgehead atoms. The van der Waals surface area contributed by atoms with E-state index in [2.05, 4.69) is 10.3 Å². The van der Waals surface area contributed by atoms with Crippen LogP contribution in [0.1, 0.15) is 30.1 Å². The van der Waals surface area contributed by atoms with E-state index in [4.69, 9.17) is 10.2 Å². The molecule has 3 N–H and O–H groups in total. The van der Waals surface area contributed by atoms with Crippen LogP contribution in [0.25, 0.3) is 10.9 Å². The lowest BCUT2D eigenvalue weighted by Crippen LogP contribution is -2.20. The zero-order chi connectivity index (χ0) is 14.5. The van der Waals surface area contributed by atoms with Crippen LogP contribution in [0.3, 0.4) is 0 Å². The Hall–Kier alpha value is -2.14. The number of fused-ring (bicyclic) bond motifs is 1. The number of anilines is 1. The van der Waals surface area contributed by atoms with Crippen LogP contribution < -0.4 is 5.32 Å². The van der Waals surface area contributed by atoms with E-state index in [0.29, 0.717) is 23.1 Å². The number of hydrogen-bond acceptors (Lipinski definition) is 4. The molecule has 0 aliphatic rings. The summed E-state index contributed by atoms with van der Waals surface area (Å²) in [6, 6.07) is 8.75. The van der Waals surface area contributed by atoms with Gasteiger partial charge in [0.25, 0.3) is 0 Å². The van der Waals surface area contributed by atoms with Crippen LogP contribution in [0, 0.1) is 0 Å². The second kappa shape index (κ2) is 6.34. The second-order valence-corrected chi connectivity index (χ2v) is 4.64. The maximum absolute atomic E-state index is 11.1. The molecular weight excluding hydrogens is 256 g/mol. The molecule has 1 heterocycles. The summed E-state index contributed by atoms with van der Waals surface area (Å²) in [7, 11) is 0. The lowest BCUT2D eigenvalue weighted by atomic mass is 10.1. The van der Waals surface area contributed by atoms with Gasteiger partial charge in [0.1, 0.15) is 5.82 Å². The molecule has 0 aliphatic carbocycles. The Balaban J connectivity index is 2.32. The van der Waals surface area contributed by atoms with Crippen LogP contribution in [-0.2, 0) is 0 Å². The van der Waals surface area contributed by atoms with E-state index in [1.54, 1.807) is 30.3 Å². The minimum atomic E-state index is -0.954. The summed E-state index contributed by atoms with van der Waals surface area (Å²) < 4.78 is 0. The molecule has 2 aromatic rings. The SMILES string of the molecule is CCC(CCO)Nc1ccc2c(C(=O)O)cccc2n1. The van der Waals surface area contributed by atoms with E-state index in [-0.39, 0.29) is 18.2 Å². The van der Waals surface area contributed by atoms with Gasteiger partial charge in [-0.1, -0.05) is 13.0 Å². The van der Waals surface area contributed by atoms with Crippen LogP contribution in [0.4, 0.5) is 5.82 Å². The third kappa shape index (κ3) is 3.05. The largest absolute Gasteiger partial charge is 0.478 e. The monoisotopic (exact) mass is 274 g/mol. The van der Waals surface area contributed by atoms with Crippen LogP contribution in [-0.4, -0.2) is 33.8 Å². The summed E-state index contributed by atoms with van der Waals surface area (Å²) in [5, 5.41) is 22.0. The fourth-order valence-corrected chi connectivity index (χ4v) is 2.17. The molecule has 0 radical (unpaired) electrons. The summed E-state index contributed by atoms with van der Waals surface area (Å²) >= 11 is 0. The Kier molecular flexibility index (Phi) is 4.53. The predicted octanol–water partition coefficient (Wildman–Crippen LogP) is 2.51. The number of hydrogen-bond donors (Lipinski definition) is 3. The van der Waals surface area contributed by atoms with E-state index in [0.717, 1.165) is 6.42 Å². The van der Waals surface area contributed by atoms with Gasteiger partial charge in [0.15, 0.2) is 0 Å². The van der Waals surface area contributed by atoms with Gasteiger partial charge in [-0.2, -0.15) is 0 Å². The maximum atomic E-state index is 11.1. The van der Waals surface area contributed by atoms with E-state index in [1.165, 1.54) is 0 Å². The number of rotatable bonds is 6. The average molecular weight is 274 g/mol. The lowest BCUT2D eigenvalue weighted by Gasteiger charge is -2.16. The van der Waals surface area contributed by atoms with Crippen molar-refractivity contribution < 1.29 is 15.0 Å². The molecule has 1 aromatic carbocycles. The highest BCUT2D eigenvalue weighted by atomic mass is 16.4. The number of carboxylic acids is 1. The van der Waals surface area contributed by atoms with Gasteiger partial charge in [-0.15, -0.1) is 0 Å². The molecule has 5 nitrogen and oxygen atoms in total. The van der Waals surface area contributed by atoms with Crippen molar-refractivity contribution in [1.82, 2.24) is 4.98 Å². The molecule has 1 unspecified atom stereocenters. The van der Waals surface area contributed by atoms with Gasteiger partial charge in [0, 0.05) is 18.0 Å². The quantitative estimate of drug-likeness (QED) is 0.754. The molecule has 2 rings (SSSR count). The van der Waals surface area contributed by atoms with E-state index >= 15 is 0 Å². The summed E-state index contributed by atoms with van der Waals surface area (Å²) in [6.45, 7) is 2.17. The summed E-state index contributed by atoms with van der Waals surface area (Å²) in [5.74, 6) is -0.259. The van der Waals surface area contributed by atoms with Crippen LogP contribution in [0.2, 0.25) is 0 Å². The van der Waals surface area contributed by atoms with Crippen molar-refractivity contribution in [3.8, 4) is 0 Å². The first-order valence-corrected chi connectivity index (χ1v) is 6.66. The number of nitrogens with zero attached hydrogens (tertiary/aromatic N) is 1. The van der Waals surface area contributed by atoms with Crippen molar-refractivity contribution in [2.75, 3.05) is 11.9 Å². The molecule has 1 aromatic heterocycles. The number of carbonyl (C=O) groups is 1. The molecule has 5 heteroatoms. The molecule has 0 fully saturated rings. The Morgan fingerprint density at radius 3 is 2.80 bits per heavy atom. The average Bonchev–Trinajstić information content (AvgIpc) is 2.45. The van der Waals surface area contributed by atoms with Crippen molar-refractivity contribution in [3.05, 3.63) is 35.9 Å². The zero-order valence-corrected chi connectivity index (χ0v) is 11.3. The van der Waals surface area contributed by atoms with Crippen LogP contribution in [0.5, 0.6) is 0 Å². The number of carboxylic acid groups (broad SMARTS) is 1. The van der Waals surface area contributed by atoms with E-state index < -0.39 is 5.97 Å². The Bertz CT molecular complexity index is 613. The van der Waals surface area contributed by atoms with Gasteiger partial charge in [0.05, 0.1) is 11.1 Å². The van der Waals surface area contributed by atoms with E-state index in [9.17, 15) is 4.79 Å². The third-order valence-corrected chi connectivity index (χ3v) is 3.28. The molecule has 0 saturated carbocycles. The first-order chi connectivity index (χ1) is 9.65.